The Morgan fingerprint density at radius 3 is 2.94 bits per heavy atom. The minimum atomic E-state index is 0.175. The van der Waals surface area contributed by atoms with Gasteiger partial charge in [-0.1, -0.05) is 30.4 Å². The number of fused-ring (bicyclic) bond motifs is 2. The van der Waals surface area contributed by atoms with E-state index in [0.717, 1.165) is 18.5 Å². The number of para-hydroxylation sites is 1. The fraction of sp³-hybridized carbons (Fsp3) is 0.267. The largest absolute Gasteiger partial charge is 0.315 e. The highest BCUT2D eigenvalue weighted by molar-refractivity contribution is 6.01. The van der Waals surface area contributed by atoms with Crippen LogP contribution in [-0.4, -0.2) is 13.0 Å². The minimum absolute atomic E-state index is 0.175. The van der Waals surface area contributed by atoms with Gasteiger partial charge in [0.05, 0.1) is 12.1 Å². The average Bonchev–Trinajstić information content (AvgIpc) is 2.48. The van der Waals surface area contributed by atoms with Gasteiger partial charge in [0, 0.05) is 12.6 Å². The van der Waals surface area contributed by atoms with Crippen LogP contribution in [0.1, 0.15) is 24.8 Å². The number of carbonyl (C=O) groups excluding carboxylic acids is 1. The molecule has 0 spiro atoms. The second-order valence-corrected chi connectivity index (χ2v) is 4.59. The van der Waals surface area contributed by atoms with E-state index in [9.17, 15) is 4.79 Å². The summed E-state index contributed by atoms with van der Waals surface area (Å²) < 4.78 is 0. The van der Waals surface area contributed by atoms with E-state index in [1.165, 1.54) is 16.7 Å². The third-order valence-corrected chi connectivity index (χ3v) is 3.57. The number of benzene rings is 1. The van der Waals surface area contributed by atoms with Crippen molar-refractivity contribution in [2.45, 2.75) is 19.3 Å². The Labute approximate surface area is 101 Å². The van der Waals surface area contributed by atoms with Crippen molar-refractivity contribution in [3.05, 3.63) is 47.6 Å². The predicted molar refractivity (Wildman–Crippen MR) is 69.8 cm³/mol. The highest BCUT2D eigenvalue weighted by Crippen LogP contribution is 2.38. The first-order valence-corrected chi connectivity index (χ1v) is 6.02. The molecule has 0 N–H and O–H groups in total. The van der Waals surface area contributed by atoms with Crippen molar-refractivity contribution in [3.63, 3.8) is 0 Å². The Bertz CT molecular complexity index is 540. The van der Waals surface area contributed by atoms with Gasteiger partial charge in [0.15, 0.2) is 0 Å². The normalized spacial score (nSPS) is 18.9. The SMILES string of the molecule is CN1C(=O)CC2=C(CCC=C2)c2ccccc21. The van der Waals surface area contributed by atoms with Crippen molar-refractivity contribution < 1.29 is 4.79 Å². The van der Waals surface area contributed by atoms with E-state index in [0.29, 0.717) is 6.42 Å². The first-order chi connectivity index (χ1) is 8.27. The summed E-state index contributed by atoms with van der Waals surface area (Å²) in [6.07, 6.45) is 6.93. The lowest BCUT2D eigenvalue weighted by atomic mass is 9.90. The molecule has 3 rings (SSSR count). The van der Waals surface area contributed by atoms with E-state index in [4.69, 9.17) is 0 Å². The minimum Gasteiger partial charge on any atom is -0.315 e. The number of anilines is 1. The fourth-order valence-corrected chi connectivity index (χ4v) is 2.62. The molecule has 0 atom stereocenters. The molecule has 0 unspecified atom stereocenters. The molecule has 86 valence electrons. The van der Waals surface area contributed by atoms with Gasteiger partial charge in [0.25, 0.3) is 0 Å². The van der Waals surface area contributed by atoms with Crippen molar-refractivity contribution in [2.24, 2.45) is 0 Å². The van der Waals surface area contributed by atoms with Crippen LogP contribution in [0.25, 0.3) is 5.57 Å². The Balaban J connectivity index is 2.24. The van der Waals surface area contributed by atoms with Crippen molar-refractivity contribution in [1.29, 1.82) is 0 Å². The maximum absolute atomic E-state index is 12.1. The molecule has 1 amide bonds. The molecule has 0 saturated carbocycles. The maximum atomic E-state index is 12.1. The van der Waals surface area contributed by atoms with Crippen molar-refractivity contribution in [1.82, 2.24) is 0 Å². The number of hydrogen-bond donors (Lipinski definition) is 0. The molecule has 0 radical (unpaired) electrons. The Kier molecular flexibility index (Phi) is 2.36. The van der Waals surface area contributed by atoms with Crippen LogP contribution < -0.4 is 4.90 Å². The number of rotatable bonds is 0. The number of nitrogens with zero attached hydrogens (tertiary/aromatic N) is 1. The highest BCUT2D eigenvalue weighted by atomic mass is 16.2. The molecule has 1 aliphatic heterocycles. The molecule has 17 heavy (non-hydrogen) atoms. The summed E-state index contributed by atoms with van der Waals surface area (Å²) in [6, 6.07) is 8.19. The third kappa shape index (κ3) is 1.60. The predicted octanol–water partition coefficient (Wildman–Crippen LogP) is 3.16. The maximum Gasteiger partial charge on any atom is 0.231 e. The fourth-order valence-electron chi connectivity index (χ4n) is 2.62. The zero-order chi connectivity index (χ0) is 11.8. The van der Waals surface area contributed by atoms with Crippen molar-refractivity contribution >= 4 is 17.2 Å². The molecule has 2 aliphatic rings. The Morgan fingerprint density at radius 1 is 1.24 bits per heavy atom. The lowest BCUT2D eigenvalue weighted by Crippen LogP contribution is -2.25. The second kappa shape index (κ2) is 3.88. The summed E-state index contributed by atoms with van der Waals surface area (Å²) in [5.41, 5.74) is 4.80. The van der Waals surface area contributed by atoms with Crippen LogP contribution in [0.5, 0.6) is 0 Å². The number of carbonyl (C=O) groups is 1. The van der Waals surface area contributed by atoms with Crippen LogP contribution >= 0.6 is 0 Å². The highest BCUT2D eigenvalue weighted by Gasteiger charge is 2.24. The van der Waals surface area contributed by atoms with E-state index in [1.54, 1.807) is 4.90 Å². The van der Waals surface area contributed by atoms with Gasteiger partial charge in [0.1, 0.15) is 0 Å². The Hall–Kier alpha value is -1.83. The van der Waals surface area contributed by atoms with Crippen molar-refractivity contribution in [2.75, 3.05) is 11.9 Å². The molecule has 2 nitrogen and oxygen atoms in total. The van der Waals surface area contributed by atoms with E-state index in [1.807, 2.05) is 25.2 Å². The topological polar surface area (TPSA) is 20.3 Å². The molecule has 0 aromatic heterocycles. The van der Waals surface area contributed by atoms with E-state index in [2.05, 4.69) is 18.2 Å². The standard InChI is InChI=1S/C15H15NO/c1-16-14-9-5-4-8-13(14)12-7-3-2-6-11(12)10-15(16)17/h2,4-6,8-9H,3,7,10H2,1H3. The zero-order valence-electron chi connectivity index (χ0n) is 9.94. The molecule has 1 aliphatic carbocycles. The van der Waals surface area contributed by atoms with E-state index < -0.39 is 0 Å². The molecule has 1 heterocycles. The van der Waals surface area contributed by atoms with Crippen molar-refractivity contribution in [3.8, 4) is 0 Å². The molecule has 0 bridgehead atoms. The van der Waals surface area contributed by atoms with Crippen LogP contribution in [0, 0.1) is 0 Å². The first kappa shape index (κ1) is 10.3. The second-order valence-electron chi connectivity index (χ2n) is 4.59. The molecule has 1 aromatic rings. The quantitative estimate of drug-likeness (QED) is 0.664. The summed E-state index contributed by atoms with van der Waals surface area (Å²) >= 11 is 0. The summed E-state index contributed by atoms with van der Waals surface area (Å²) in [7, 11) is 1.86. The van der Waals surface area contributed by atoms with Gasteiger partial charge in [-0.3, -0.25) is 4.79 Å². The number of amides is 1. The molecular formula is C15H15NO. The molecule has 1 aromatic carbocycles. The smallest absolute Gasteiger partial charge is 0.231 e. The third-order valence-electron chi connectivity index (χ3n) is 3.57. The van der Waals surface area contributed by atoms with Crippen LogP contribution in [0.3, 0.4) is 0 Å². The van der Waals surface area contributed by atoms with Gasteiger partial charge < -0.3 is 4.90 Å². The molecule has 0 saturated heterocycles. The van der Waals surface area contributed by atoms with Crippen LogP contribution in [-0.2, 0) is 4.79 Å². The average molecular weight is 225 g/mol. The van der Waals surface area contributed by atoms with Gasteiger partial charge >= 0.3 is 0 Å². The number of allylic oxidation sites excluding steroid dienone is 3. The van der Waals surface area contributed by atoms with Crippen LogP contribution in [0.2, 0.25) is 0 Å². The Morgan fingerprint density at radius 2 is 2.06 bits per heavy atom. The molecular weight excluding hydrogens is 210 g/mol. The van der Waals surface area contributed by atoms with Gasteiger partial charge in [-0.2, -0.15) is 0 Å². The van der Waals surface area contributed by atoms with E-state index in [-0.39, 0.29) is 5.91 Å². The molecule has 2 heteroatoms. The summed E-state index contributed by atoms with van der Waals surface area (Å²) in [5, 5.41) is 0. The lowest BCUT2D eigenvalue weighted by molar-refractivity contribution is -0.117. The zero-order valence-corrected chi connectivity index (χ0v) is 9.94. The summed E-state index contributed by atoms with van der Waals surface area (Å²) in [4.78, 5) is 13.9. The lowest BCUT2D eigenvalue weighted by Gasteiger charge is -2.18. The van der Waals surface area contributed by atoms with Gasteiger partial charge in [-0.05, 0) is 30.1 Å². The van der Waals surface area contributed by atoms with Gasteiger partial charge in [-0.15, -0.1) is 0 Å². The monoisotopic (exact) mass is 225 g/mol. The van der Waals surface area contributed by atoms with Crippen LogP contribution in [0.4, 0.5) is 5.69 Å². The van der Waals surface area contributed by atoms with E-state index >= 15 is 0 Å². The molecule has 0 fully saturated rings. The van der Waals surface area contributed by atoms with Gasteiger partial charge in [0.2, 0.25) is 5.91 Å². The first-order valence-electron chi connectivity index (χ1n) is 6.02. The van der Waals surface area contributed by atoms with Crippen LogP contribution in [0.15, 0.2) is 42.0 Å². The summed E-state index contributed by atoms with van der Waals surface area (Å²) in [5.74, 6) is 0.175. The number of hydrogen-bond acceptors (Lipinski definition) is 1. The summed E-state index contributed by atoms with van der Waals surface area (Å²) in [6.45, 7) is 0. The van der Waals surface area contributed by atoms with Gasteiger partial charge in [-0.25, -0.2) is 0 Å².